The number of aryl methyl sites for hydroxylation is 1. The summed E-state index contributed by atoms with van der Waals surface area (Å²) in [6.45, 7) is 11.4. The van der Waals surface area contributed by atoms with Crippen LogP contribution in [0.5, 0.6) is 0 Å². The van der Waals surface area contributed by atoms with Crippen molar-refractivity contribution < 1.29 is 9.18 Å². The number of fused-ring (bicyclic) bond motifs is 1. The van der Waals surface area contributed by atoms with Crippen LogP contribution in [0, 0.1) is 5.82 Å². The number of benzene rings is 2. The molecule has 0 heterocycles. The van der Waals surface area contributed by atoms with Gasteiger partial charge in [-0.05, 0) is 78.6 Å². The number of hydrogen-bond acceptors (Lipinski definition) is 3. The Balaban J connectivity index is 1.93. The Labute approximate surface area is 184 Å². The van der Waals surface area contributed by atoms with Crippen molar-refractivity contribution in [3.8, 4) is 0 Å². The first-order valence-electron chi connectivity index (χ1n) is 11.0. The fraction of sp³-hybridized carbons (Fsp3) is 0.385. The number of hydrogen-bond donors (Lipinski definition) is 1. The van der Waals surface area contributed by atoms with E-state index in [2.05, 4.69) is 43.1 Å². The third-order valence-electron chi connectivity index (χ3n) is 5.72. The standard InChI is InChI=1S/C26H32FN3O/c1-5-28-29-16-19(4)17-30(23-13-10-20(11-14-23)18(2)3)26(31)24-8-6-7-21-9-12-22(27)15-25(21)24/h9-16,18,24,28H,4-8,17H2,1-3H3/b29-16-. The average Bonchev–Trinajstić information content (AvgIpc) is 2.77. The van der Waals surface area contributed by atoms with Crippen molar-refractivity contribution in [2.45, 2.75) is 51.9 Å². The molecule has 5 heteroatoms. The van der Waals surface area contributed by atoms with Crippen LogP contribution < -0.4 is 10.3 Å². The summed E-state index contributed by atoms with van der Waals surface area (Å²) in [5, 5.41) is 4.13. The third-order valence-corrected chi connectivity index (χ3v) is 5.72. The molecule has 2 aromatic carbocycles. The molecule has 0 fully saturated rings. The normalized spacial score (nSPS) is 15.7. The Hall–Kier alpha value is -2.95. The van der Waals surface area contributed by atoms with Crippen LogP contribution in [0.25, 0.3) is 0 Å². The van der Waals surface area contributed by atoms with Crippen LogP contribution in [0.2, 0.25) is 0 Å². The molecule has 1 aliphatic carbocycles. The topological polar surface area (TPSA) is 44.7 Å². The molecule has 1 amide bonds. The summed E-state index contributed by atoms with van der Waals surface area (Å²) in [7, 11) is 0. The van der Waals surface area contributed by atoms with E-state index < -0.39 is 0 Å². The molecule has 0 spiro atoms. The van der Waals surface area contributed by atoms with Gasteiger partial charge < -0.3 is 10.3 Å². The first-order chi connectivity index (χ1) is 14.9. The second-order valence-electron chi connectivity index (χ2n) is 8.39. The van der Waals surface area contributed by atoms with Crippen molar-refractivity contribution in [2.24, 2.45) is 5.10 Å². The summed E-state index contributed by atoms with van der Waals surface area (Å²) < 4.78 is 14.0. The van der Waals surface area contributed by atoms with E-state index in [0.717, 1.165) is 35.2 Å². The number of amides is 1. The summed E-state index contributed by atoms with van der Waals surface area (Å²) in [4.78, 5) is 15.5. The third kappa shape index (κ3) is 5.60. The molecule has 0 aliphatic heterocycles. The van der Waals surface area contributed by atoms with Gasteiger partial charge in [0.05, 0.1) is 18.7 Å². The molecular weight excluding hydrogens is 389 g/mol. The molecular formula is C26H32FN3O. The highest BCUT2D eigenvalue weighted by Crippen LogP contribution is 2.35. The first kappa shape index (κ1) is 22.7. The molecule has 31 heavy (non-hydrogen) atoms. The zero-order valence-electron chi connectivity index (χ0n) is 18.7. The van der Waals surface area contributed by atoms with Gasteiger partial charge in [0.25, 0.3) is 0 Å². The van der Waals surface area contributed by atoms with Crippen LogP contribution in [-0.2, 0) is 11.2 Å². The monoisotopic (exact) mass is 421 g/mol. The van der Waals surface area contributed by atoms with Crippen LogP contribution in [0.3, 0.4) is 0 Å². The maximum absolute atomic E-state index is 14.0. The van der Waals surface area contributed by atoms with Crippen LogP contribution in [0.1, 0.15) is 62.1 Å². The fourth-order valence-corrected chi connectivity index (χ4v) is 4.02. The van der Waals surface area contributed by atoms with E-state index in [-0.39, 0.29) is 17.6 Å². The Morgan fingerprint density at radius 2 is 2.03 bits per heavy atom. The number of nitrogens with zero attached hydrogens (tertiary/aromatic N) is 2. The van der Waals surface area contributed by atoms with E-state index in [1.165, 1.54) is 17.7 Å². The van der Waals surface area contributed by atoms with Crippen molar-refractivity contribution >= 4 is 17.8 Å². The van der Waals surface area contributed by atoms with Gasteiger partial charge in [0.1, 0.15) is 5.82 Å². The summed E-state index contributed by atoms with van der Waals surface area (Å²) in [6, 6.07) is 12.9. The maximum atomic E-state index is 14.0. The number of halogens is 1. The average molecular weight is 422 g/mol. The van der Waals surface area contributed by atoms with Crippen molar-refractivity contribution in [1.82, 2.24) is 5.43 Å². The second kappa shape index (κ2) is 10.4. The molecule has 1 aliphatic rings. The number of carbonyl (C=O) groups excluding carboxylic acids is 1. The van der Waals surface area contributed by atoms with E-state index in [9.17, 15) is 9.18 Å². The van der Waals surface area contributed by atoms with E-state index >= 15 is 0 Å². The minimum atomic E-state index is -0.359. The van der Waals surface area contributed by atoms with Gasteiger partial charge in [-0.1, -0.05) is 38.6 Å². The molecule has 0 bridgehead atoms. The number of nitrogens with one attached hydrogen (secondary N) is 1. The predicted molar refractivity (Wildman–Crippen MR) is 126 cm³/mol. The molecule has 0 saturated heterocycles. The van der Waals surface area contributed by atoms with Gasteiger partial charge in [0.2, 0.25) is 5.91 Å². The Morgan fingerprint density at radius 1 is 1.29 bits per heavy atom. The summed E-state index contributed by atoms with van der Waals surface area (Å²) >= 11 is 0. The van der Waals surface area contributed by atoms with Gasteiger partial charge in [-0.15, -0.1) is 0 Å². The highest BCUT2D eigenvalue weighted by Gasteiger charge is 2.31. The van der Waals surface area contributed by atoms with Gasteiger partial charge in [-0.2, -0.15) is 5.10 Å². The van der Waals surface area contributed by atoms with Gasteiger partial charge in [0.15, 0.2) is 0 Å². The van der Waals surface area contributed by atoms with E-state index in [1.807, 2.05) is 25.1 Å². The molecule has 1 atom stereocenters. The lowest BCUT2D eigenvalue weighted by molar-refractivity contribution is -0.120. The molecule has 0 radical (unpaired) electrons. The van der Waals surface area contributed by atoms with E-state index in [4.69, 9.17) is 0 Å². The zero-order chi connectivity index (χ0) is 22.4. The van der Waals surface area contributed by atoms with Crippen molar-refractivity contribution in [3.63, 3.8) is 0 Å². The molecule has 4 nitrogen and oxygen atoms in total. The molecule has 0 saturated carbocycles. The van der Waals surface area contributed by atoms with Crippen molar-refractivity contribution in [2.75, 3.05) is 18.0 Å². The van der Waals surface area contributed by atoms with E-state index in [1.54, 1.807) is 11.1 Å². The predicted octanol–water partition coefficient (Wildman–Crippen LogP) is 5.55. The lowest BCUT2D eigenvalue weighted by Crippen LogP contribution is -2.38. The highest BCUT2D eigenvalue weighted by molar-refractivity contribution is 6.00. The smallest absolute Gasteiger partial charge is 0.234 e. The quantitative estimate of drug-likeness (QED) is 0.448. The summed E-state index contributed by atoms with van der Waals surface area (Å²) in [6.07, 6.45) is 4.16. The minimum absolute atomic E-state index is 0.0261. The zero-order valence-corrected chi connectivity index (χ0v) is 18.7. The van der Waals surface area contributed by atoms with E-state index in [0.29, 0.717) is 25.4 Å². The van der Waals surface area contributed by atoms with Gasteiger partial charge in [0, 0.05) is 12.2 Å². The Bertz CT molecular complexity index is 950. The molecule has 164 valence electrons. The lowest BCUT2D eigenvalue weighted by atomic mass is 9.81. The Kier molecular flexibility index (Phi) is 7.61. The molecule has 3 rings (SSSR count). The second-order valence-corrected chi connectivity index (χ2v) is 8.39. The lowest BCUT2D eigenvalue weighted by Gasteiger charge is -2.31. The highest BCUT2D eigenvalue weighted by atomic mass is 19.1. The molecule has 2 aromatic rings. The van der Waals surface area contributed by atoms with Crippen LogP contribution in [0.4, 0.5) is 10.1 Å². The van der Waals surface area contributed by atoms with Crippen LogP contribution in [0.15, 0.2) is 59.7 Å². The fourth-order valence-electron chi connectivity index (χ4n) is 4.02. The van der Waals surface area contributed by atoms with Crippen LogP contribution in [-0.4, -0.2) is 25.2 Å². The molecule has 1 N–H and O–H groups in total. The summed E-state index contributed by atoms with van der Waals surface area (Å²) in [5.74, 6) is -0.272. The minimum Gasteiger partial charge on any atom is -0.310 e. The van der Waals surface area contributed by atoms with Gasteiger partial charge in [-0.3, -0.25) is 4.79 Å². The number of rotatable bonds is 8. The van der Waals surface area contributed by atoms with Gasteiger partial charge >= 0.3 is 0 Å². The van der Waals surface area contributed by atoms with Crippen molar-refractivity contribution in [3.05, 3.63) is 77.1 Å². The summed E-state index contributed by atoms with van der Waals surface area (Å²) in [5.41, 5.74) is 7.52. The Morgan fingerprint density at radius 3 is 2.71 bits per heavy atom. The number of carbonyl (C=O) groups is 1. The van der Waals surface area contributed by atoms with Gasteiger partial charge in [-0.25, -0.2) is 4.39 Å². The van der Waals surface area contributed by atoms with Crippen molar-refractivity contribution in [1.29, 1.82) is 0 Å². The number of anilines is 1. The van der Waals surface area contributed by atoms with Crippen LogP contribution >= 0.6 is 0 Å². The SMILES string of the molecule is C=C(/C=N\NCC)CN(C(=O)C1CCCc2ccc(F)cc21)c1ccc(C(C)C)cc1. The molecule has 0 aromatic heterocycles. The first-order valence-corrected chi connectivity index (χ1v) is 11.0. The number of hydrazone groups is 1. The maximum Gasteiger partial charge on any atom is 0.234 e. The largest absolute Gasteiger partial charge is 0.310 e. The molecule has 1 unspecified atom stereocenters.